The van der Waals surface area contributed by atoms with E-state index in [0.29, 0.717) is 0 Å². The summed E-state index contributed by atoms with van der Waals surface area (Å²) in [7, 11) is 0. The molecule has 1 aliphatic rings. The molecule has 0 radical (unpaired) electrons. The SMILES string of the molecule is O=C(NC1CCCC1)c1ccnc(Cl)c1F. The van der Waals surface area contributed by atoms with E-state index >= 15 is 0 Å². The molecule has 0 aromatic carbocycles. The van der Waals surface area contributed by atoms with Crippen LogP contribution < -0.4 is 5.32 Å². The monoisotopic (exact) mass is 242 g/mol. The first-order chi connectivity index (χ1) is 7.68. The molecule has 0 saturated heterocycles. The van der Waals surface area contributed by atoms with Crippen LogP contribution in [-0.2, 0) is 0 Å². The van der Waals surface area contributed by atoms with E-state index in [1.807, 2.05) is 0 Å². The lowest BCUT2D eigenvalue weighted by molar-refractivity contribution is 0.0933. The maximum atomic E-state index is 13.5. The molecule has 1 N–H and O–H groups in total. The number of amides is 1. The number of hydrogen-bond acceptors (Lipinski definition) is 2. The van der Waals surface area contributed by atoms with Crippen LogP contribution in [0.3, 0.4) is 0 Å². The van der Waals surface area contributed by atoms with Crippen LogP contribution in [0.5, 0.6) is 0 Å². The summed E-state index contributed by atoms with van der Waals surface area (Å²) in [6.45, 7) is 0. The number of halogens is 2. The van der Waals surface area contributed by atoms with E-state index in [1.165, 1.54) is 12.3 Å². The quantitative estimate of drug-likeness (QED) is 0.810. The molecular weight excluding hydrogens is 231 g/mol. The van der Waals surface area contributed by atoms with Gasteiger partial charge in [0, 0.05) is 12.2 Å². The van der Waals surface area contributed by atoms with Crippen LogP contribution in [0.1, 0.15) is 36.0 Å². The van der Waals surface area contributed by atoms with E-state index in [2.05, 4.69) is 10.3 Å². The molecule has 0 bridgehead atoms. The first-order valence-electron chi connectivity index (χ1n) is 5.29. The van der Waals surface area contributed by atoms with Gasteiger partial charge in [-0.05, 0) is 18.9 Å². The minimum absolute atomic E-state index is 0.0353. The Morgan fingerprint density at radius 2 is 2.19 bits per heavy atom. The predicted octanol–water partition coefficient (Wildman–Crippen LogP) is 2.55. The van der Waals surface area contributed by atoms with Crippen LogP contribution in [0.15, 0.2) is 12.3 Å². The van der Waals surface area contributed by atoms with Crippen molar-refractivity contribution in [2.24, 2.45) is 0 Å². The third kappa shape index (κ3) is 2.32. The number of aromatic nitrogens is 1. The highest BCUT2D eigenvalue weighted by Crippen LogP contribution is 2.19. The second-order valence-corrected chi connectivity index (χ2v) is 4.28. The maximum Gasteiger partial charge on any atom is 0.254 e. The average molecular weight is 243 g/mol. The van der Waals surface area contributed by atoms with Gasteiger partial charge in [-0.25, -0.2) is 9.37 Å². The minimum Gasteiger partial charge on any atom is -0.349 e. The molecule has 0 aliphatic heterocycles. The van der Waals surface area contributed by atoms with Crippen molar-refractivity contribution in [2.75, 3.05) is 0 Å². The molecule has 1 heterocycles. The van der Waals surface area contributed by atoms with Gasteiger partial charge in [0.05, 0.1) is 5.56 Å². The number of carbonyl (C=O) groups excluding carboxylic acids is 1. The molecule has 0 spiro atoms. The molecule has 1 aromatic heterocycles. The van der Waals surface area contributed by atoms with Gasteiger partial charge in [-0.1, -0.05) is 24.4 Å². The first-order valence-corrected chi connectivity index (χ1v) is 5.67. The summed E-state index contributed by atoms with van der Waals surface area (Å²) in [6, 6.07) is 1.50. The minimum atomic E-state index is -0.750. The van der Waals surface area contributed by atoms with E-state index in [9.17, 15) is 9.18 Å². The van der Waals surface area contributed by atoms with Crippen molar-refractivity contribution in [3.8, 4) is 0 Å². The highest BCUT2D eigenvalue weighted by atomic mass is 35.5. The fraction of sp³-hybridized carbons (Fsp3) is 0.455. The first kappa shape index (κ1) is 11.3. The Morgan fingerprint density at radius 1 is 1.50 bits per heavy atom. The molecule has 86 valence electrons. The van der Waals surface area contributed by atoms with E-state index in [-0.39, 0.29) is 16.8 Å². The smallest absolute Gasteiger partial charge is 0.254 e. The molecular formula is C11H12ClFN2O. The summed E-state index contributed by atoms with van der Waals surface area (Å²) in [5.74, 6) is -1.16. The summed E-state index contributed by atoms with van der Waals surface area (Å²) in [4.78, 5) is 15.3. The van der Waals surface area contributed by atoms with Crippen molar-refractivity contribution in [2.45, 2.75) is 31.7 Å². The zero-order valence-corrected chi connectivity index (χ0v) is 9.43. The van der Waals surface area contributed by atoms with Crippen molar-refractivity contribution < 1.29 is 9.18 Å². The van der Waals surface area contributed by atoms with Crippen molar-refractivity contribution >= 4 is 17.5 Å². The normalized spacial score (nSPS) is 16.4. The number of hydrogen-bond donors (Lipinski definition) is 1. The van der Waals surface area contributed by atoms with Crippen LogP contribution in [0.25, 0.3) is 0 Å². The van der Waals surface area contributed by atoms with Crippen molar-refractivity contribution in [3.63, 3.8) is 0 Å². The molecule has 0 unspecified atom stereocenters. The molecule has 2 rings (SSSR count). The number of carbonyl (C=O) groups is 1. The van der Waals surface area contributed by atoms with Gasteiger partial charge in [0.15, 0.2) is 11.0 Å². The number of pyridine rings is 1. The summed E-state index contributed by atoms with van der Waals surface area (Å²) in [5.41, 5.74) is -0.0353. The van der Waals surface area contributed by atoms with Gasteiger partial charge in [0.25, 0.3) is 5.91 Å². The lowest BCUT2D eigenvalue weighted by Crippen LogP contribution is -2.33. The number of nitrogens with zero attached hydrogens (tertiary/aromatic N) is 1. The molecule has 5 heteroatoms. The van der Waals surface area contributed by atoms with E-state index in [0.717, 1.165) is 25.7 Å². The van der Waals surface area contributed by atoms with Gasteiger partial charge in [0.1, 0.15) is 0 Å². The van der Waals surface area contributed by atoms with Gasteiger partial charge in [-0.2, -0.15) is 0 Å². The largest absolute Gasteiger partial charge is 0.349 e. The van der Waals surface area contributed by atoms with Crippen LogP contribution in [0.4, 0.5) is 4.39 Å². The van der Waals surface area contributed by atoms with Gasteiger partial charge in [-0.3, -0.25) is 4.79 Å². The van der Waals surface area contributed by atoms with Gasteiger partial charge >= 0.3 is 0 Å². The third-order valence-corrected chi connectivity index (χ3v) is 3.05. The average Bonchev–Trinajstić information content (AvgIpc) is 2.74. The Balaban J connectivity index is 2.11. The fourth-order valence-corrected chi connectivity index (χ4v) is 2.09. The zero-order chi connectivity index (χ0) is 11.5. The van der Waals surface area contributed by atoms with Crippen molar-refractivity contribution in [1.29, 1.82) is 0 Å². The Kier molecular flexibility index (Phi) is 3.39. The molecule has 1 aromatic rings. The second kappa shape index (κ2) is 4.78. The van der Waals surface area contributed by atoms with Gasteiger partial charge in [0.2, 0.25) is 0 Å². The number of rotatable bonds is 2. The van der Waals surface area contributed by atoms with Crippen molar-refractivity contribution in [1.82, 2.24) is 10.3 Å². The lowest BCUT2D eigenvalue weighted by atomic mass is 10.2. The van der Waals surface area contributed by atoms with Crippen LogP contribution in [0.2, 0.25) is 5.15 Å². The van der Waals surface area contributed by atoms with E-state index < -0.39 is 11.7 Å². The van der Waals surface area contributed by atoms with Gasteiger partial charge < -0.3 is 5.32 Å². The fourth-order valence-electron chi connectivity index (χ4n) is 1.93. The summed E-state index contributed by atoms with van der Waals surface area (Å²) >= 11 is 5.51. The molecule has 3 nitrogen and oxygen atoms in total. The van der Waals surface area contributed by atoms with Crippen LogP contribution in [-0.4, -0.2) is 16.9 Å². The van der Waals surface area contributed by atoms with Gasteiger partial charge in [-0.15, -0.1) is 0 Å². The summed E-state index contributed by atoms with van der Waals surface area (Å²) < 4.78 is 13.5. The molecule has 1 fully saturated rings. The summed E-state index contributed by atoms with van der Waals surface area (Å²) in [5, 5.41) is 2.53. The van der Waals surface area contributed by atoms with E-state index in [1.54, 1.807) is 0 Å². The van der Waals surface area contributed by atoms with E-state index in [4.69, 9.17) is 11.6 Å². The highest BCUT2D eigenvalue weighted by Gasteiger charge is 2.20. The van der Waals surface area contributed by atoms with Crippen LogP contribution in [0, 0.1) is 5.82 Å². The molecule has 1 amide bonds. The standard InChI is InChI=1S/C11H12ClFN2O/c12-10-9(13)8(5-6-14-10)11(16)15-7-3-1-2-4-7/h5-7H,1-4H2,(H,15,16). The molecule has 0 atom stereocenters. The topological polar surface area (TPSA) is 42.0 Å². The predicted molar refractivity (Wildman–Crippen MR) is 58.9 cm³/mol. The second-order valence-electron chi connectivity index (χ2n) is 3.92. The molecule has 16 heavy (non-hydrogen) atoms. The summed E-state index contributed by atoms with van der Waals surface area (Å²) in [6.07, 6.45) is 5.49. The highest BCUT2D eigenvalue weighted by molar-refractivity contribution is 6.29. The maximum absolute atomic E-state index is 13.5. The Labute approximate surface area is 98.0 Å². The van der Waals surface area contributed by atoms with Crippen LogP contribution >= 0.6 is 11.6 Å². The lowest BCUT2D eigenvalue weighted by Gasteiger charge is -2.12. The third-order valence-electron chi connectivity index (χ3n) is 2.78. The zero-order valence-electron chi connectivity index (χ0n) is 8.67. The molecule has 1 aliphatic carbocycles. The Morgan fingerprint density at radius 3 is 2.88 bits per heavy atom. The Bertz CT molecular complexity index is 405. The van der Waals surface area contributed by atoms with Crippen molar-refractivity contribution in [3.05, 3.63) is 28.8 Å². The molecule has 1 saturated carbocycles. The Hall–Kier alpha value is -1.16. The number of nitrogens with one attached hydrogen (secondary N) is 1.